The molecule has 0 aliphatic carbocycles. The molecule has 0 saturated carbocycles. The highest BCUT2D eigenvalue weighted by Gasteiger charge is 2.17. The lowest BCUT2D eigenvalue weighted by Gasteiger charge is -2.20. The number of hydrogen-bond acceptors (Lipinski definition) is 2. The van der Waals surface area contributed by atoms with E-state index in [1.807, 2.05) is 18.2 Å². The Bertz CT molecular complexity index is 762. The summed E-state index contributed by atoms with van der Waals surface area (Å²) in [6.07, 6.45) is 2.86. The Balaban J connectivity index is 2.18. The summed E-state index contributed by atoms with van der Waals surface area (Å²) in [7, 11) is 3.35. The molecule has 0 amide bonds. The second-order valence-corrected chi connectivity index (χ2v) is 5.21. The van der Waals surface area contributed by atoms with E-state index < -0.39 is 0 Å². The van der Waals surface area contributed by atoms with Crippen LogP contribution in [0.25, 0.3) is 10.9 Å². The molecule has 0 spiro atoms. The van der Waals surface area contributed by atoms with E-state index in [2.05, 4.69) is 48.0 Å². The lowest BCUT2D eigenvalue weighted by Crippen LogP contribution is -2.09. The first kappa shape index (κ1) is 14.5. The number of hydrogen-bond donors (Lipinski definition) is 0. The van der Waals surface area contributed by atoms with Crippen LogP contribution in [0.15, 0.2) is 54.7 Å². The standard InChI is InChI=1S/C19H20NO2/c1-4-17(14-8-6-5-7-9-14)20-11-10-15-12-16(21-2)13-18(22-3)19(15)20/h5-13,17H,1,4H2,2-3H3. The van der Waals surface area contributed by atoms with Crippen molar-refractivity contribution in [2.45, 2.75) is 12.5 Å². The molecule has 0 aliphatic rings. The molecule has 0 saturated heterocycles. The topological polar surface area (TPSA) is 23.4 Å². The first-order valence-electron chi connectivity index (χ1n) is 7.35. The Hall–Kier alpha value is -2.42. The Morgan fingerprint density at radius 2 is 1.82 bits per heavy atom. The summed E-state index contributed by atoms with van der Waals surface area (Å²) < 4.78 is 13.2. The zero-order chi connectivity index (χ0) is 15.5. The van der Waals surface area contributed by atoms with E-state index in [4.69, 9.17) is 9.47 Å². The van der Waals surface area contributed by atoms with Crippen LogP contribution >= 0.6 is 0 Å². The average Bonchev–Trinajstić information content (AvgIpc) is 2.99. The minimum atomic E-state index is 0.181. The van der Waals surface area contributed by atoms with Gasteiger partial charge in [-0.15, -0.1) is 0 Å². The van der Waals surface area contributed by atoms with Crippen LogP contribution < -0.4 is 9.47 Å². The van der Waals surface area contributed by atoms with Crippen molar-refractivity contribution in [2.24, 2.45) is 0 Å². The molecule has 2 aromatic carbocycles. The third-order valence-electron chi connectivity index (χ3n) is 4.00. The second-order valence-electron chi connectivity index (χ2n) is 5.21. The van der Waals surface area contributed by atoms with Gasteiger partial charge in [0, 0.05) is 17.6 Å². The summed E-state index contributed by atoms with van der Waals surface area (Å²) in [6, 6.07) is 16.6. The number of nitrogens with zero attached hydrogens (tertiary/aromatic N) is 1. The molecule has 0 N–H and O–H groups in total. The highest BCUT2D eigenvalue weighted by molar-refractivity contribution is 5.88. The van der Waals surface area contributed by atoms with Gasteiger partial charge in [-0.3, -0.25) is 0 Å². The highest BCUT2D eigenvalue weighted by Crippen LogP contribution is 2.35. The molecule has 22 heavy (non-hydrogen) atoms. The van der Waals surface area contributed by atoms with Gasteiger partial charge in [-0.05, 0) is 24.1 Å². The van der Waals surface area contributed by atoms with Gasteiger partial charge in [-0.25, -0.2) is 0 Å². The maximum atomic E-state index is 5.58. The van der Waals surface area contributed by atoms with E-state index in [-0.39, 0.29) is 6.04 Å². The van der Waals surface area contributed by atoms with Crippen LogP contribution in [0, 0.1) is 6.92 Å². The molecule has 1 unspecified atom stereocenters. The predicted octanol–water partition coefficient (Wildman–Crippen LogP) is 4.47. The van der Waals surface area contributed by atoms with Crippen LogP contribution in [-0.4, -0.2) is 18.8 Å². The molecule has 1 aromatic heterocycles. The number of benzene rings is 2. The zero-order valence-corrected chi connectivity index (χ0v) is 13.0. The van der Waals surface area contributed by atoms with Crippen molar-refractivity contribution in [3.8, 4) is 11.5 Å². The van der Waals surface area contributed by atoms with E-state index in [0.29, 0.717) is 0 Å². The molecule has 0 fully saturated rings. The van der Waals surface area contributed by atoms with Gasteiger partial charge in [0.05, 0.1) is 25.8 Å². The number of ether oxygens (including phenoxy) is 2. The molecule has 0 bridgehead atoms. The number of aromatic nitrogens is 1. The molecule has 0 aliphatic heterocycles. The van der Waals surface area contributed by atoms with Crippen molar-refractivity contribution >= 4 is 10.9 Å². The molecule has 1 heterocycles. The molecule has 1 radical (unpaired) electrons. The molecular weight excluding hydrogens is 274 g/mol. The smallest absolute Gasteiger partial charge is 0.146 e. The van der Waals surface area contributed by atoms with Crippen molar-refractivity contribution in [1.29, 1.82) is 0 Å². The first-order chi connectivity index (χ1) is 10.8. The molecule has 3 aromatic rings. The van der Waals surface area contributed by atoms with Crippen LogP contribution in [0.3, 0.4) is 0 Å². The van der Waals surface area contributed by atoms with E-state index in [0.717, 1.165) is 28.8 Å². The molecule has 113 valence electrons. The molecule has 3 nitrogen and oxygen atoms in total. The fraction of sp³-hybridized carbons (Fsp3) is 0.211. The summed E-state index contributed by atoms with van der Waals surface area (Å²) in [4.78, 5) is 0. The van der Waals surface area contributed by atoms with Gasteiger partial charge < -0.3 is 14.0 Å². The molecule has 3 rings (SSSR count). The molecule has 1 atom stereocenters. The summed E-state index contributed by atoms with van der Waals surface area (Å²) in [5.41, 5.74) is 2.31. The zero-order valence-electron chi connectivity index (χ0n) is 13.0. The normalized spacial score (nSPS) is 12.3. The van der Waals surface area contributed by atoms with Crippen molar-refractivity contribution < 1.29 is 9.47 Å². The average molecular weight is 294 g/mol. The summed E-state index contributed by atoms with van der Waals surface area (Å²) in [5.74, 6) is 1.61. The Morgan fingerprint density at radius 1 is 1.05 bits per heavy atom. The van der Waals surface area contributed by atoms with Crippen molar-refractivity contribution in [3.05, 3.63) is 67.2 Å². The lowest BCUT2D eigenvalue weighted by molar-refractivity contribution is 0.396. The van der Waals surface area contributed by atoms with Crippen molar-refractivity contribution in [2.75, 3.05) is 14.2 Å². The minimum Gasteiger partial charge on any atom is -0.497 e. The van der Waals surface area contributed by atoms with E-state index in [9.17, 15) is 0 Å². The SMILES string of the molecule is [CH2]CC(c1ccccc1)n1ccc2cc(OC)cc(OC)c21. The lowest BCUT2D eigenvalue weighted by atomic mass is 10.0. The maximum absolute atomic E-state index is 5.58. The van der Waals surface area contributed by atoms with Crippen LogP contribution in [0.2, 0.25) is 0 Å². The molecule has 3 heteroatoms. The van der Waals surface area contributed by atoms with Gasteiger partial charge in [0.1, 0.15) is 11.5 Å². The fourth-order valence-electron chi connectivity index (χ4n) is 2.92. The summed E-state index contributed by atoms with van der Waals surface area (Å²) in [6.45, 7) is 4.13. The first-order valence-corrected chi connectivity index (χ1v) is 7.35. The Kier molecular flexibility index (Phi) is 4.05. The Labute approximate surface area is 131 Å². The van der Waals surface area contributed by atoms with Crippen LogP contribution in [0.5, 0.6) is 11.5 Å². The van der Waals surface area contributed by atoms with Gasteiger partial charge in [-0.2, -0.15) is 0 Å². The quantitative estimate of drug-likeness (QED) is 0.693. The number of methoxy groups -OCH3 is 2. The van der Waals surface area contributed by atoms with Crippen molar-refractivity contribution in [1.82, 2.24) is 4.57 Å². The van der Waals surface area contributed by atoms with E-state index in [1.165, 1.54) is 5.56 Å². The number of rotatable bonds is 5. The van der Waals surface area contributed by atoms with Crippen molar-refractivity contribution in [3.63, 3.8) is 0 Å². The van der Waals surface area contributed by atoms with E-state index >= 15 is 0 Å². The van der Waals surface area contributed by atoms with E-state index in [1.54, 1.807) is 14.2 Å². The Morgan fingerprint density at radius 3 is 2.45 bits per heavy atom. The van der Waals surface area contributed by atoms with Gasteiger partial charge in [-0.1, -0.05) is 37.3 Å². The number of fused-ring (bicyclic) bond motifs is 1. The molecular formula is C19H20NO2. The minimum absolute atomic E-state index is 0.181. The predicted molar refractivity (Wildman–Crippen MR) is 89.6 cm³/mol. The summed E-state index contributed by atoms with van der Waals surface area (Å²) >= 11 is 0. The van der Waals surface area contributed by atoms with Gasteiger partial charge in [0.15, 0.2) is 0 Å². The second kappa shape index (κ2) is 6.14. The summed E-state index contributed by atoms with van der Waals surface area (Å²) in [5, 5.41) is 1.10. The van der Waals surface area contributed by atoms with Crippen LogP contribution in [0.4, 0.5) is 0 Å². The van der Waals surface area contributed by atoms with Crippen LogP contribution in [-0.2, 0) is 0 Å². The van der Waals surface area contributed by atoms with Gasteiger partial charge in [0.25, 0.3) is 0 Å². The highest BCUT2D eigenvalue weighted by atomic mass is 16.5. The largest absolute Gasteiger partial charge is 0.497 e. The fourth-order valence-corrected chi connectivity index (χ4v) is 2.92. The van der Waals surface area contributed by atoms with Gasteiger partial charge >= 0.3 is 0 Å². The third kappa shape index (κ3) is 2.43. The maximum Gasteiger partial charge on any atom is 0.146 e. The third-order valence-corrected chi connectivity index (χ3v) is 4.00. The monoisotopic (exact) mass is 294 g/mol. The van der Waals surface area contributed by atoms with Crippen LogP contribution in [0.1, 0.15) is 18.0 Å². The van der Waals surface area contributed by atoms with Gasteiger partial charge in [0.2, 0.25) is 0 Å².